The Balaban J connectivity index is 1.52. The van der Waals surface area contributed by atoms with Crippen molar-refractivity contribution in [1.82, 2.24) is 10.3 Å². The van der Waals surface area contributed by atoms with E-state index in [1.54, 1.807) is 11.3 Å². The summed E-state index contributed by atoms with van der Waals surface area (Å²) in [5.74, 6) is 1.19. The molecule has 116 valence electrons. The number of aromatic nitrogens is 1. The molecule has 1 atom stereocenters. The molecule has 0 saturated carbocycles. The number of rotatable bonds is 4. The number of amides is 1. The normalized spacial score (nSPS) is 20.8. The van der Waals surface area contributed by atoms with Crippen LogP contribution < -0.4 is 10.6 Å². The third-order valence-electron chi connectivity index (χ3n) is 4.44. The maximum Gasteiger partial charge on any atom is 0.226 e. The number of nitrogens with one attached hydrogen (secondary N) is 2. The first-order valence-electron chi connectivity index (χ1n) is 7.79. The molecule has 1 aromatic rings. The molecule has 0 aromatic carbocycles. The number of nitrogens with zero attached hydrogens (tertiary/aromatic N) is 1. The van der Waals surface area contributed by atoms with Gasteiger partial charge in [-0.15, -0.1) is 0 Å². The highest BCUT2D eigenvalue weighted by atomic mass is 32.1. The van der Waals surface area contributed by atoms with Crippen LogP contribution in [0.4, 0.5) is 5.13 Å². The van der Waals surface area contributed by atoms with Gasteiger partial charge in [-0.05, 0) is 37.8 Å². The van der Waals surface area contributed by atoms with Crippen LogP contribution in [0.5, 0.6) is 0 Å². The van der Waals surface area contributed by atoms with E-state index in [1.165, 1.54) is 12.8 Å². The molecule has 3 rings (SSSR count). The van der Waals surface area contributed by atoms with Gasteiger partial charge in [0.15, 0.2) is 5.13 Å². The Bertz CT molecular complexity index is 474. The van der Waals surface area contributed by atoms with Gasteiger partial charge in [-0.1, -0.05) is 18.3 Å². The van der Waals surface area contributed by atoms with Crippen molar-refractivity contribution in [2.75, 3.05) is 25.0 Å². The Kier molecular flexibility index (Phi) is 4.87. The van der Waals surface area contributed by atoms with Crippen LogP contribution in [-0.4, -0.2) is 30.6 Å². The van der Waals surface area contributed by atoms with Crippen molar-refractivity contribution >= 4 is 22.4 Å². The molecular weight excluding hydrogens is 286 g/mol. The number of piperidine rings is 1. The molecule has 0 spiro atoms. The standard InChI is InChI=1S/C15H23N3O2S/c1-10(11-2-5-16-6-3-11)8-14(19)18-15-17-12-4-7-20-9-13(12)21-15/h10-11,16H,2-9H2,1H3,(H,17,18,19). The molecule has 21 heavy (non-hydrogen) atoms. The van der Waals surface area contributed by atoms with Crippen LogP contribution in [0.25, 0.3) is 0 Å². The van der Waals surface area contributed by atoms with E-state index in [1.807, 2.05) is 0 Å². The maximum absolute atomic E-state index is 12.2. The van der Waals surface area contributed by atoms with Crippen LogP contribution in [0.2, 0.25) is 0 Å². The summed E-state index contributed by atoms with van der Waals surface area (Å²) in [5, 5.41) is 7.07. The third-order valence-corrected chi connectivity index (χ3v) is 5.42. The zero-order valence-corrected chi connectivity index (χ0v) is 13.3. The van der Waals surface area contributed by atoms with Gasteiger partial charge in [0.25, 0.3) is 0 Å². The predicted octanol–water partition coefficient (Wildman–Crippen LogP) is 2.18. The average Bonchev–Trinajstić information content (AvgIpc) is 2.90. The summed E-state index contributed by atoms with van der Waals surface area (Å²) < 4.78 is 5.41. The van der Waals surface area contributed by atoms with Gasteiger partial charge in [0.1, 0.15) is 0 Å². The van der Waals surface area contributed by atoms with Gasteiger partial charge in [-0.25, -0.2) is 4.98 Å². The zero-order valence-electron chi connectivity index (χ0n) is 12.5. The van der Waals surface area contributed by atoms with Crippen molar-refractivity contribution in [2.45, 2.75) is 39.2 Å². The fourth-order valence-corrected chi connectivity index (χ4v) is 4.08. The molecule has 1 amide bonds. The minimum atomic E-state index is 0.0908. The summed E-state index contributed by atoms with van der Waals surface area (Å²) in [4.78, 5) is 17.8. The lowest BCUT2D eigenvalue weighted by atomic mass is 9.84. The molecule has 0 radical (unpaired) electrons. The highest BCUT2D eigenvalue weighted by Crippen LogP contribution is 2.28. The van der Waals surface area contributed by atoms with Crippen molar-refractivity contribution < 1.29 is 9.53 Å². The molecule has 1 fully saturated rings. The molecule has 3 heterocycles. The highest BCUT2D eigenvalue weighted by molar-refractivity contribution is 7.15. The van der Waals surface area contributed by atoms with Crippen molar-refractivity contribution in [3.8, 4) is 0 Å². The van der Waals surface area contributed by atoms with E-state index in [9.17, 15) is 4.79 Å². The van der Waals surface area contributed by atoms with E-state index in [4.69, 9.17) is 4.74 Å². The number of hydrogen-bond donors (Lipinski definition) is 2. The second kappa shape index (κ2) is 6.85. The molecule has 2 aliphatic rings. The average molecular weight is 309 g/mol. The van der Waals surface area contributed by atoms with Crippen LogP contribution in [0, 0.1) is 11.8 Å². The van der Waals surface area contributed by atoms with Crippen LogP contribution >= 0.6 is 11.3 Å². The van der Waals surface area contributed by atoms with Crippen molar-refractivity contribution in [3.05, 3.63) is 10.6 Å². The van der Waals surface area contributed by atoms with E-state index >= 15 is 0 Å². The third kappa shape index (κ3) is 3.81. The zero-order chi connectivity index (χ0) is 14.7. The molecule has 1 unspecified atom stereocenters. The Labute approximate surface area is 129 Å². The molecule has 1 saturated heterocycles. The van der Waals surface area contributed by atoms with Gasteiger partial charge in [0.05, 0.1) is 23.8 Å². The molecule has 0 bridgehead atoms. The van der Waals surface area contributed by atoms with Gasteiger partial charge in [0, 0.05) is 12.8 Å². The highest BCUT2D eigenvalue weighted by Gasteiger charge is 2.23. The van der Waals surface area contributed by atoms with Crippen LogP contribution in [0.1, 0.15) is 36.8 Å². The summed E-state index contributed by atoms with van der Waals surface area (Å²) >= 11 is 1.55. The Hall–Kier alpha value is -0.980. The van der Waals surface area contributed by atoms with E-state index in [2.05, 4.69) is 22.5 Å². The number of anilines is 1. The van der Waals surface area contributed by atoms with Gasteiger partial charge < -0.3 is 15.4 Å². The summed E-state index contributed by atoms with van der Waals surface area (Å²) in [5.41, 5.74) is 1.09. The monoisotopic (exact) mass is 309 g/mol. The lowest BCUT2D eigenvalue weighted by Gasteiger charge is -2.27. The molecule has 2 aliphatic heterocycles. The summed E-state index contributed by atoms with van der Waals surface area (Å²) in [7, 11) is 0. The fraction of sp³-hybridized carbons (Fsp3) is 0.733. The lowest BCUT2D eigenvalue weighted by molar-refractivity contribution is -0.117. The number of carbonyl (C=O) groups is 1. The molecule has 2 N–H and O–H groups in total. The quantitative estimate of drug-likeness (QED) is 0.895. The summed E-state index contributed by atoms with van der Waals surface area (Å²) in [6, 6.07) is 0. The van der Waals surface area contributed by atoms with Gasteiger partial charge in [0.2, 0.25) is 5.91 Å². The van der Waals surface area contributed by atoms with E-state index in [0.717, 1.165) is 41.8 Å². The molecular formula is C15H23N3O2S. The molecule has 0 aliphatic carbocycles. The van der Waals surface area contributed by atoms with Crippen LogP contribution in [0.3, 0.4) is 0 Å². The minimum absolute atomic E-state index is 0.0908. The van der Waals surface area contributed by atoms with E-state index < -0.39 is 0 Å². The van der Waals surface area contributed by atoms with Gasteiger partial charge in [-0.2, -0.15) is 0 Å². The van der Waals surface area contributed by atoms with Crippen LogP contribution in [-0.2, 0) is 22.6 Å². The van der Waals surface area contributed by atoms with E-state index in [-0.39, 0.29) is 5.91 Å². The second-order valence-electron chi connectivity index (χ2n) is 6.01. The first-order chi connectivity index (χ1) is 10.2. The van der Waals surface area contributed by atoms with Crippen molar-refractivity contribution in [2.24, 2.45) is 11.8 Å². The SMILES string of the molecule is CC(CC(=O)Nc1nc2c(s1)COCC2)C1CCNCC1. The smallest absolute Gasteiger partial charge is 0.226 e. The first-order valence-corrected chi connectivity index (χ1v) is 8.61. The predicted molar refractivity (Wildman–Crippen MR) is 83.5 cm³/mol. The minimum Gasteiger partial charge on any atom is -0.375 e. The number of thiazole rings is 1. The summed E-state index contributed by atoms with van der Waals surface area (Å²) in [6.45, 7) is 5.72. The topological polar surface area (TPSA) is 63.2 Å². The fourth-order valence-electron chi connectivity index (χ4n) is 3.12. The number of ether oxygens (including phenoxy) is 1. The van der Waals surface area contributed by atoms with Crippen molar-refractivity contribution in [3.63, 3.8) is 0 Å². The molecule has 5 nitrogen and oxygen atoms in total. The van der Waals surface area contributed by atoms with E-state index in [0.29, 0.717) is 24.9 Å². The first kappa shape index (κ1) is 14.9. The number of fused-ring (bicyclic) bond motifs is 1. The van der Waals surface area contributed by atoms with Crippen LogP contribution in [0.15, 0.2) is 0 Å². The Morgan fingerprint density at radius 1 is 1.52 bits per heavy atom. The maximum atomic E-state index is 12.2. The molecule has 6 heteroatoms. The lowest BCUT2D eigenvalue weighted by Crippen LogP contribution is -2.32. The second-order valence-corrected chi connectivity index (χ2v) is 7.09. The number of carbonyl (C=O) groups excluding carboxylic acids is 1. The largest absolute Gasteiger partial charge is 0.375 e. The summed E-state index contributed by atoms with van der Waals surface area (Å²) in [6.07, 6.45) is 3.80. The van der Waals surface area contributed by atoms with Crippen molar-refractivity contribution in [1.29, 1.82) is 0 Å². The Morgan fingerprint density at radius 2 is 2.33 bits per heavy atom. The van der Waals surface area contributed by atoms with Gasteiger partial charge in [-0.3, -0.25) is 4.79 Å². The van der Waals surface area contributed by atoms with Gasteiger partial charge >= 0.3 is 0 Å². The molecule has 1 aromatic heterocycles. The number of hydrogen-bond acceptors (Lipinski definition) is 5. The Morgan fingerprint density at radius 3 is 3.10 bits per heavy atom.